The molecule has 2 aromatic carbocycles. The molecule has 0 radical (unpaired) electrons. The van der Waals surface area contributed by atoms with Crippen LogP contribution in [0.15, 0.2) is 60.7 Å². The van der Waals surface area contributed by atoms with Gasteiger partial charge in [-0.2, -0.15) is 0 Å². The summed E-state index contributed by atoms with van der Waals surface area (Å²) in [4.78, 5) is 31.9. The zero-order valence-electron chi connectivity index (χ0n) is 16.9. The topological polar surface area (TPSA) is 43.9 Å². The second-order valence-corrected chi connectivity index (χ2v) is 8.02. The fourth-order valence-corrected chi connectivity index (χ4v) is 4.32. The number of benzene rings is 2. The largest absolute Gasteiger partial charge is 0.340 e. The van der Waals surface area contributed by atoms with Crippen molar-refractivity contribution in [1.29, 1.82) is 0 Å². The number of hydrogen-bond acceptors (Lipinski definition) is 3. The molecule has 0 unspecified atom stereocenters. The van der Waals surface area contributed by atoms with E-state index in [9.17, 15) is 9.59 Å². The third-order valence-electron chi connectivity index (χ3n) is 6.09. The highest BCUT2D eigenvalue weighted by molar-refractivity contribution is 5.94. The highest BCUT2D eigenvalue weighted by Gasteiger charge is 2.31. The summed E-state index contributed by atoms with van der Waals surface area (Å²) in [5, 5.41) is 0. The maximum atomic E-state index is 13.0. The molecule has 0 aromatic heterocycles. The molecule has 2 fully saturated rings. The number of amides is 2. The van der Waals surface area contributed by atoms with Gasteiger partial charge in [-0.1, -0.05) is 48.5 Å². The molecule has 2 aliphatic rings. The Morgan fingerprint density at radius 3 is 1.93 bits per heavy atom. The van der Waals surface area contributed by atoms with Gasteiger partial charge in [0.2, 0.25) is 5.91 Å². The molecule has 0 bridgehead atoms. The molecule has 0 atom stereocenters. The first-order valence-corrected chi connectivity index (χ1v) is 10.6. The average Bonchev–Trinajstić information content (AvgIpc) is 2.80. The van der Waals surface area contributed by atoms with Crippen LogP contribution in [0.4, 0.5) is 0 Å². The van der Waals surface area contributed by atoms with E-state index in [1.165, 1.54) is 5.56 Å². The Hall–Kier alpha value is -2.66. The molecule has 29 heavy (non-hydrogen) atoms. The van der Waals surface area contributed by atoms with Crippen molar-refractivity contribution in [2.75, 3.05) is 39.3 Å². The molecule has 5 nitrogen and oxygen atoms in total. The summed E-state index contributed by atoms with van der Waals surface area (Å²) in [5.74, 6) is 0.401. The molecule has 2 heterocycles. The number of piperazine rings is 1. The molecule has 4 rings (SSSR count). The summed E-state index contributed by atoms with van der Waals surface area (Å²) in [7, 11) is 0. The SMILES string of the molecule is O=C(c1ccccc1)N1CCC(C(=O)N2CCN(Cc3ccccc3)CC2)CC1. The number of carbonyl (C=O) groups excluding carboxylic acids is 2. The van der Waals surface area contributed by atoms with Crippen molar-refractivity contribution in [3.05, 3.63) is 71.8 Å². The van der Waals surface area contributed by atoms with E-state index in [1.54, 1.807) is 0 Å². The lowest BCUT2D eigenvalue weighted by Gasteiger charge is -2.38. The van der Waals surface area contributed by atoms with Gasteiger partial charge in [-0.05, 0) is 30.5 Å². The first-order valence-electron chi connectivity index (χ1n) is 10.6. The zero-order valence-corrected chi connectivity index (χ0v) is 16.9. The van der Waals surface area contributed by atoms with Gasteiger partial charge < -0.3 is 9.80 Å². The molecule has 5 heteroatoms. The van der Waals surface area contributed by atoms with Crippen LogP contribution in [-0.2, 0) is 11.3 Å². The fourth-order valence-electron chi connectivity index (χ4n) is 4.32. The summed E-state index contributed by atoms with van der Waals surface area (Å²) in [5.41, 5.74) is 2.05. The summed E-state index contributed by atoms with van der Waals surface area (Å²) in [6, 6.07) is 19.9. The maximum Gasteiger partial charge on any atom is 0.253 e. The molecule has 0 N–H and O–H groups in total. The Morgan fingerprint density at radius 2 is 1.31 bits per heavy atom. The van der Waals surface area contributed by atoms with Gasteiger partial charge in [0, 0.05) is 57.3 Å². The van der Waals surface area contributed by atoms with Crippen molar-refractivity contribution in [3.63, 3.8) is 0 Å². The minimum atomic E-state index is 0.0514. The van der Waals surface area contributed by atoms with E-state index in [0.717, 1.165) is 51.1 Å². The number of nitrogens with zero attached hydrogens (tertiary/aromatic N) is 3. The van der Waals surface area contributed by atoms with E-state index in [4.69, 9.17) is 0 Å². The van der Waals surface area contributed by atoms with Crippen molar-refractivity contribution in [3.8, 4) is 0 Å². The Labute approximate surface area is 172 Å². The highest BCUT2D eigenvalue weighted by Crippen LogP contribution is 2.22. The lowest BCUT2D eigenvalue weighted by Crippen LogP contribution is -2.51. The van der Waals surface area contributed by atoms with Crippen LogP contribution in [0.1, 0.15) is 28.8 Å². The molecule has 0 spiro atoms. The van der Waals surface area contributed by atoms with Gasteiger partial charge in [-0.25, -0.2) is 0 Å². The molecule has 0 aliphatic carbocycles. The van der Waals surface area contributed by atoms with Gasteiger partial charge in [0.15, 0.2) is 0 Å². The third kappa shape index (κ3) is 4.85. The van der Waals surface area contributed by atoms with Crippen molar-refractivity contribution in [2.45, 2.75) is 19.4 Å². The molecule has 2 amide bonds. The van der Waals surface area contributed by atoms with Crippen molar-refractivity contribution >= 4 is 11.8 Å². The number of piperidine rings is 1. The number of likely N-dealkylation sites (tertiary alicyclic amines) is 1. The molecular weight excluding hydrogens is 362 g/mol. The third-order valence-corrected chi connectivity index (χ3v) is 6.09. The van der Waals surface area contributed by atoms with E-state index in [0.29, 0.717) is 13.1 Å². The van der Waals surface area contributed by atoms with E-state index in [-0.39, 0.29) is 17.7 Å². The average molecular weight is 392 g/mol. The number of hydrogen-bond donors (Lipinski definition) is 0. The van der Waals surface area contributed by atoms with Crippen LogP contribution < -0.4 is 0 Å². The minimum Gasteiger partial charge on any atom is -0.340 e. The van der Waals surface area contributed by atoms with Crippen molar-refractivity contribution < 1.29 is 9.59 Å². The van der Waals surface area contributed by atoms with E-state index >= 15 is 0 Å². The van der Waals surface area contributed by atoms with Crippen molar-refractivity contribution in [1.82, 2.24) is 14.7 Å². The maximum absolute atomic E-state index is 13.0. The minimum absolute atomic E-state index is 0.0514. The quantitative estimate of drug-likeness (QED) is 0.805. The smallest absolute Gasteiger partial charge is 0.253 e. The summed E-state index contributed by atoms with van der Waals surface area (Å²) in [6.07, 6.45) is 1.53. The predicted molar refractivity (Wildman–Crippen MR) is 113 cm³/mol. The van der Waals surface area contributed by atoms with Crippen LogP contribution in [-0.4, -0.2) is 65.8 Å². The lowest BCUT2D eigenvalue weighted by molar-refractivity contribution is -0.138. The van der Waals surface area contributed by atoms with Gasteiger partial charge in [0.25, 0.3) is 5.91 Å². The Morgan fingerprint density at radius 1 is 0.724 bits per heavy atom. The van der Waals surface area contributed by atoms with Crippen LogP contribution in [0.25, 0.3) is 0 Å². The molecule has 2 aliphatic heterocycles. The Kier molecular flexibility index (Phi) is 6.25. The van der Waals surface area contributed by atoms with E-state index < -0.39 is 0 Å². The van der Waals surface area contributed by atoms with Crippen LogP contribution in [0.3, 0.4) is 0 Å². The Balaban J connectivity index is 1.23. The van der Waals surface area contributed by atoms with Crippen LogP contribution >= 0.6 is 0 Å². The van der Waals surface area contributed by atoms with E-state index in [1.807, 2.05) is 46.2 Å². The summed E-state index contributed by atoms with van der Waals surface area (Å²) < 4.78 is 0. The second kappa shape index (κ2) is 9.23. The first kappa shape index (κ1) is 19.6. The molecule has 2 aromatic rings. The number of carbonyl (C=O) groups is 2. The van der Waals surface area contributed by atoms with Gasteiger partial charge >= 0.3 is 0 Å². The number of rotatable bonds is 4. The zero-order chi connectivity index (χ0) is 20.1. The van der Waals surface area contributed by atoms with Gasteiger partial charge in [0.1, 0.15) is 0 Å². The standard InChI is InChI=1S/C24H29N3O2/c28-23(21-9-5-2-6-10-21)26-13-11-22(12-14-26)24(29)27-17-15-25(16-18-27)19-20-7-3-1-4-8-20/h1-10,22H,11-19H2. The van der Waals surface area contributed by atoms with Gasteiger partial charge in [0.05, 0.1) is 0 Å². The summed E-state index contributed by atoms with van der Waals surface area (Å²) >= 11 is 0. The normalized spacial score (nSPS) is 18.6. The molecular formula is C24H29N3O2. The monoisotopic (exact) mass is 391 g/mol. The van der Waals surface area contributed by atoms with E-state index in [2.05, 4.69) is 29.2 Å². The van der Waals surface area contributed by atoms with Crippen LogP contribution in [0, 0.1) is 5.92 Å². The molecule has 0 saturated carbocycles. The van der Waals surface area contributed by atoms with Gasteiger partial charge in [-0.15, -0.1) is 0 Å². The Bertz CT molecular complexity index is 809. The second-order valence-electron chi connectivity index (χ2n) is 8.02. The molecule has 152 valence electrons. The first-order chi connectivity index (χ1) is 14.2. The van der Waals surface area contributed by atoms with Crippen LogP contribution in [0.5, 0.6) is 0 Å². The van der Waals surface area contributed by atoms with Crippen LogP contribution in [0.2, 0.25) is 0 Å². The van der Waals surface area contributed by atoms with Crippen molar-refractivity contribution in [2.24, 2.45) is 5.92 Å². The predicted octanol–water partition coefficient (Wildman–Crippen LogP) is 2.88. The lowest BCUT2D eigenvalue weighted by atomic mass is 9.94. The highest BCUT2D eigenvalue weighted by atomic mass is 16.2. The fraction of sp³-hybridized carbons (Fsp3) is 0.417. The molecule has 2 saturated heterocycles. The summed E-state index contributed by atoms with van der Waals surface area (Å²) in [6.45, 7) is 5.72. The van der Waals surface area contributed by atoms with Gasteiger partial charge in [-0.3, -0.25) is 14.5 Å².